The molecule has 0 aliphatic rings. The SMILES string of the molecule is Cc1cccc(NC(=O)CSc2nnc(-c3nn(Cc4ccccc4)c(=O)c4ccccc34)o2)c1C. The summed E-state index contributed by atoms with van der Waals surface area (Å²) in [6, 6.07) is 22.6. The number of fused-ring (bicyclic) bond motifs is 1. The van der Waals surface area contributed by atoms with Gasteiger partial charge in [0, 0.05) is 11.1 Å². The van der Waals surface area contributed by atoms with Gasteiger partial charge in [-0.15, -0.1) is 10.2 Å². The Bertz CT molecular complexity index is 1610. The molecule has 0 bridgehead atoms. The summed E-state index contributed by atoms with van der Waals surface area (Å²) in [6.07, 6.45) is 0. The zero-order chi connectivity index (χ0) is 25.1. The molecule has 0 saturated carbocycles. The van der Waals surface area contributed by atoms with Crippen molar-refractivity contribution < 1.29 is 9.21 Å². The van der Waals surface area contributed by atoms with Crippen molar-refractivity contribution in [3.63, 3.8) is 0 Å². The number of aryl methyl sites for hydroxylation is 1. The molecule has 3 aromatic carbocycles. The summed E-state index contributed by atoms with van der Waals surface area (Å²) < 4.78 is 7.25. The maximum absolute atomic E-state index is 13.1. The van der Waals surface area contributed by atoms with E-state index in [1.54, 1.807) is 12.1 Å². The number of rotatable bonds is 7. The summed E-state index contributed by atoms with van der Waals surface area (Å²) in [6.45, 7) is 4.28. The first-order chi connectivity index (χ1) is 17.5. The lowest BCUT2D eigenvalue weighted by Crippen LogP contribution is -2.24. The van der Waals surface area contributed by atoms with Gasteiger partial charge in [-0.1, -0.05) is 72.4 Å². The van der Waals surface area contributed by atoms with E-state index in [0.29, 0.717) is 23.0 Å². The molecule has 36 heavy (non-hydrogen) atoms. The molecule has 9 heteroatoms. The summed E-state index contributed by atoms with van der Waals surface area (Å²) in [4.78, 5) is 25.6. The van der Waals surface area contributed by atoms with Crippen LogP contribution in [0.2, 0.25) is 0 Å². The van der Waals surface area contributed by atoms with Crippen molar-refractivity contribution >= 4 is 34.1 Å². The maximum Gasteiger partial charge on any atom is 0.277 e. The van der Waals surface area contributed by atoms with Crippen molar-refractivity contribution in [3.8, 4) is 11.6 Å². The minimum atomic E-state index is -0.199. The van der Waals surface area contributed by atoms with Gasteiger partial charge in [0.05, 0.1) is 17.7 Å². The quantitative estimate of drug-likeness (QED) is 0.321. The molecule has 2 heterocycles. The number of amides is 1. The Morgan fingerprint density at radius 3 is 2.50 bits per heavy atom. The molecule has 5 rings (SSSR count). The van der Waals surface area contributed by atoms with E-state index in [0.717, 1.165) is 34.1 Å². The lowest BCUT2D eigenvalue weighted by molar-refractivity contribution is -0.113. The van der Waals surface area contributed by atoms with Crippen LogP contribution in [0.25, 0.3) is 22.4 Å². The van der Waals surface area contributed by atoms with Gasteiger partial charge in [0.15, 0.2) is 5.69 Å². The van der Waals surface area contributed by atoms with E-state index in [9.17, 15) is 9.59 Å². The molecule has 0 fully saturated rings. The van der Waals surface area contributed by atoms with E-state index in [1.165, 1.54) is 4.68 Å². The largest absolute Gasteiger partial charge is 0.409 e. The standard InChI is InChI=1S/C27H23N5O3S/c1-17-9-8-14-22(18(17)2)28-23(33)16-36-27-30-29-25(35-27)24-20-12-6-7-13-21(20)26(34)32(31-24)15-19-10-4-3-5-11-19/h3-14H,15-16H2,1-2H3,(H,28,33). The van der Waals surface area contributed by atoms with Crippen LogP contribution < -0.4 is 10.9 Å². The Morgan fingerprint density at radius 1 is 0.944 bits per heavy atom. The molecule has 8 nitrogen and oxygen atoms in total. The second kappa shape index (κ2) is 10.2. The average molecular weight is 498 g/mol. The van der Waals surface area contributed by atoms with E-state index >= 15 is 0 Å². The predicted octanol–water partition coefficient (Wildman–Crippen LogP) is 4.84. The Morgan fingerprint density at radius 2 is 1.69 bits per heavy atom. The number of carbonyl (C=O) groups is 1. The van der Waals surface area contributed by atoms with Crippen LogP contribution in [0.1, 0.15) is 16.7 Å². The smallest absolute Gasteiger partial charge is 0.277 e. The number of anilines is 1. The molecule has 0 atom stereocenters. The molecule has 5 aromatic rings. The van der Waals surface area contributed by atoms with Gasteiger partial charge < -0.3 is 9.73 Å². The number of benzene rings is 3. The second-order valence-corrected chi connectivity index (χ2v) is 9.23. The van der Waals surface area contributed by atoms with Crippen LogP contribution in [0.4, 0.5) is 5.69 Å². The van der Waals surface area contributed by atoms with Crippen molar-refractivity contribution in [3.05, 3.63) is 99.8 Å². The summed E-state index contributed by atoms with van der Waals surface area (Å²) in [5, 5.41) is 17.1. The molecule has 0 aliphatic carbocycles. The molecule has 1 N–H and O–H groups in total. The number of hydrogen-bond acceptors (Lipinski definition) is 7. The van der Waals surface area contributed by atoms with Gasteiger partial charge in [-0.05, 0) is 42.7 Å². The highest BCUT2D eigenvalue weighted by Gasteiger charge is 2.18. The molecule has 0 spiro atoms. The van der Waals surface area contributed by atoms with Crippen molar-refractivity contribution in [1.82, 2.24) is 20.0 Å². The van der Waals surface area contributed by atoms with Crippen LogP contribution in [0.3, 0.4) is 0 Å². The molecular formula is C27H23N5O3S. The van der Waals surface area contributed by atoms with Crippen molar-refractivity contribution in [1.29, 1.82) is 0 Å². The third-order valence-electron chi connectivity index (χ3n) is 5.86. The molecule has 180 valence electrons. The Hall–Kier alpha value is -4.24. The minimum absolute atomic E-state index is 0.108. The highest BCUT2D eigenvalue weighted by molar-refractivity contribution is 7.99. The number of nitrogens with one attached hydrogen (secondary N) is 1. The Kier molecular flexibility index (Phi) is 6.64. The lowest BCUT2D eigenvalue weighted by Gasteiger charge is -2.09. The number of hydrogen-bond donors (Lipinski definition) is 1. The topological polar surface area (TPSA) is 103 Å². The van der Waals surface area contributed by atoms with Crippen LogP contribution in [-0.4, -0.2) is 31.6 Å². The fraction of sp³-hybridized carbons (Fsp3) is 0.148. The highest BCUT2D eigenvalue weighted by Crippen LogP contribution is 2.27. The Labute approximate surface area is 211 Å². The van der Waals surface area contributed by atoms with Gasteiger partial charge in [-0.2, -0.15) is 5.10 Å². The van der Waals surface area contributed by atoms with Crippen LogP contribution in [0.5, 0.6) is 0 Å². The second-order valence-electron chi connectivity index (χ2n) is 8.30. The van der Waals surface area contributed by atoms with Crippen molar-refractivity contribution in [2.24, 2.45) is 0 Å². The van der Waals surface area contributed by atoms with E-state index in [-0.39, 0.29) is 28.3 Å². The summed E-state index contributed by atoms with van der Waals surface area (Å²) in [7, 11) is 0. The molecule has 0 radical (unpaired) electrons. The maximum atomic E-state index is 13.1. The van der Waals surface area contributed by atoms with Gasteiger partial charge in [-0.3, -0.25) is 9.59 Å². The lowest BCUT2D eigenvalue weighted by atomic mass is 10.1. The van der Waals surface area contributed by atoms with Crippen LogP contribution >= 0.6 is 11.8 Å². The van der Waals surface area contributed by atoms with Gasteiger partial charge >= 0.3 is 0 Å². The zero-order valence-corrected chi connectivity index (χ0v) is 20.6. The van der Waals surface area contributed by atoms with E-state index in [1.807, 2.05) is 74.5 Å². The monoisotopic (exact) mass is 497 g/mol. The summed E-state index contributed by atoms with van der Waals surface area (Å²) >= 11 is 1.14. The molecule has 0 unspecified atom stereocenters. The third kappa shape index (κ3) is 4.92. The molecule has 1 amide bonds. The molecular weight excluding hydrogens is 474 g/mol. The Balaban J connectivity index is 1.38. The van der Waals surface area contributed by atoms with Crippen LogP contribution in [0.15, 0.2) is 87.2 Å². The van der Waals surface area contributed by atoms with E-state index in [4.69, 9.17) is 4.42 Å². The van der Waals surface area contributed by atoms with E-state index < -0.39 is 0 Å². The van der Waals surface area contributed by atoms with Gasteiger partial charge in [-0.25, -0.2) is 4.68 Å². The fourth-order valence-electron chi connectivity index (χ4n) is 3.82. The third-order valence-corrected chi connectivity index (χ3v) is 6.68. The average Bonchev–Trinajstić information content (AvgIpc) is 3.37. The first kappa shape index (κ1) is 23.5. The van der Waals surface area contributed by atoms with E-state index in [2.05, 4.69) is 20.6 Å². The number of carbonyl (C=O) groups excluding carboxylic acids is 1. The molecule has 0 saturated heterocycles. The minimum Gasteiger partial charge on any atom is -0.409 e. The molecule has 2 aromatic heterocycles. The van der Waals surface area contributed by atoms with Gasteiger partial charge in [0.25, 0.3) is 16.7 Å². The van der Waals surface area contributed by atoms with Gasteiger partial charge in [0.2, 0.25) is 5.91 Å². The summed E-state index contributed by atoms with van der Waals surface area (Å²) in [5.41, 5.74) is 4.08. The fourth-order valence-corrected chi connectivity index (χ4v) is 4.38. The number of nitrogens with zero attached hydrogens (tertiary/aromatic N) is 4. The number of aromatic nitrogens is 4. The van der Waals surface area contributed by atoms with Crippen molar-refractivity contribution in [2.45, 2.75) is 25.6 Å². The van der Waals surface area contributed by atoms with Crippen molar-refractivity contribution in [2.75, 3.05) is 11.1 Å². The summed E-state index contributed by atoms with van der Waals surface area (Å²) in [5.74, 6) is 0.121. The highest BCUT2D eigenvalue weighted by atomic mass is 32.2. The number of thioether (sulfide) groups is 1. The van der Waals surface area contributed by atoms with Crippen LogP contribution in [-0.2, 0) is 11.3 Å². The normalized spacial score (nSPS) is 11.1. The predicted molar refractivity (Wildman–Crippen MR) is 140 cm³/mol. The first-order valence-electron chi connectivity index (χ1n) is 11.4. The first-order valence-corrected chi connectivity index (χ1v) is 12.3. The van der Waals surface area contributed by atoms with Gasteiger partial charge in [0.1, 0.15) is 0 Å². The zero-order valence-electron chi connectivity index (χ0n) is 19.8. The van der Waals surface area contributed by atoms with Crippen LogP contribution in [0, 0.1) is 13.8 Å². The molecule has 0 aliphatic heterocycles.